The van der Waals surface area contributed by atoms with E-state index in [9.17, 15) is 19.5 Å². The number of carbonyl (C=O) groups is 3. The molecule has 31 heavy (non-hydrogen) atoms. The number of anilines is 1. The van der Waals surface area contributed by atoms with Gasteiger partial charge in [0.1, 0.15) is 17.2 Å². The van der Waals surface area contributed by atoms with E-state index in [-0.39, 0.29) is 23.4 Å². The number of hydrogen-bond acceptors (Lipinski definition) is 9. The number of aliphatic carboxylic acids is 1. The number of thiazole rings is 1. The minimum absolute atomic E-state index is 0.139. The molecule has 3 heterocycles. The van der Waals surface area contributed by atoms with Crippen LogP contribution in [0.5, 0.6) is 0 Å². The Labute approximate surface area is 187 Å². The molecule has 3 rings (SSSR count). The molecule has 0 aliphatic carbocycles. The highest BCUT2D eigenvalue weighted by Crippen LogP contribution is 2.39. The molecule has 2 aliphatic heterocycles. The Bertz CT molecular complexity index is 931. The Kier molecular flexibility index (Phi) is 7.21. The zero-order valence-electron chi connectivity index (χ0n) is 17.4. The summed E-state index contributed by atoms with van der Waals surface area (Å²) < 4.78 is 0. The number of fused-ring (bicyclic) bond motifs is 1. The zero-order valence-corrected chi connectivity index (χ0v) is 19.0. The highest BCUT2D eigenvalue weighted by atomic mass is 32.2. The molecule has 0 aromatic carbocycles. The van der Waals surface area contributed by atoms with Gasteiger partial charge < -0.3 is 21.0 Å². The number of nitrogens with zero attached hydrogens (tertiary/aromatic N) is 3. The van der Waals surface area contributed by atoms with Gasteiger partial charge in [-0.05, 0) is 32.8 Å². The fourth-order valence-corrected chi connectivity index (χ4v) is 5.01. The largest absolute Gasteiger partial charge is 0.477 e. The number of nitrogen functional groups attached to an aromatic ring is 1. The Morgan fingerprint density at radius 2 is 2.19 bits per heavy atom. The van der Waals surface area contributed by atoms with Crippen LogP contribution in [0, 0.1) is 0 Å². The lowest BCUT2D eigenvalue weighted by atomic mass is 10.1. The first-order valence-corrected chi connectivity index (χ1v) is 11.7. The van der Waals surface area contributed by atoms with Crippen molar-refractivity contribution in [3.63, 3.8) is 0 Å². The van der Waals surface area contributed by atoms with Gasteiger partial charge in [0.15, 0.2) is 10.8 Å². The van der Waals surface area contributed by atoms with E-state index in [4.69, 9.17) is 10.6 Å². The van der Waals surface area contributed by atoms with Crippen LogP contribution in [0.2, 0.25) is 0 Å². The first-order chi connectivity index (χ1) is 14.7. The lowest BCUT2D eigenvalue weighted by Gasteiger charge is -2.44. The molecule has 2 aliphatic rings. The van der Waals surface area contributed by atoms with Gasteiger partial charge in [0.2, 0.25) is 5.91 Å². The van der Waals surface area contributed by atoms with Crippen molar-refractivity contribution in [1.29, 1.82) is 0 Å². The summed E-state index contributed by atoms with van der Waals surface area (Å²) in [5, 5.41) is 17.1. The first-order valence-electron chi connectivity index (χ1n) is 9.92. The number of nitrogens with two attached hydrogens (primary N) is 1. The number of unbranched alkanes of at least 4 members (excludes halogenated alkanes) is 1. The number of carbonyl (C=O) groups excluding carboxylic acids is 2. The summed E-state index contributed by atoms with van der Waals surface area (Å²) in [4.78, 5) is 47.5. The topological polar surface area (TPSA) is 147 Å². The highest BCUT2D eigenvalue weighted by Gasteiger charge is 2.52. The Morgan fingerprint density at radius 3 is 2.81 bits per heavy atom. The number of carboxylic acid groups (broad SMARTS) is 1. The number of carboxylic acids is 1. The van der Waals surface area contributed by atoms with E-state index >= 15 is 0 Å². The van der Waals surface area contributed by atoms with Crippen molar-refractivity contribution in [2.75, 3.05) is 5.73 Å². The second-order valence-corrected chi connectivity index (χ2v) is 9.43. The molecule has 0 spiro atoms. The average Bonchev–Trinajstić information content (AvgIpc) is 3.17. The van der Waals surface area contributed by atoms with E-state index in [0.717, 1.165) is 24.2 Å². The number of thioether (sulfide) groups is 1. The molecule has 1 saturated heterocycles. The molecule has 168 valence electrons. The molecule has 4 N–H and O–H groups in total. The second-order valence-electron chi connectivity index (χ2n) is 7.32. The molecule has 3 unspecified atom stereocenters. The Hall–Kier alpha value is -2.60. The lowest BCUT2D eigenvalue weighted by molar-refractivity contribution is -0.139. The molecule has 12 heteroatoms. The maximum absolute atomic E-state index is 12.7. The zero-order chi connectivity index (χ0) is 22.7. The van der Waals surface area contributed by atoms with Gasteiger partial charge in [-0.2, -0.15) is 0 Å². The van der Waals surface area contributed by atoms with Crippen molar-refractivity contribution in [2.24, 2.45) is 5.16 Å². The van der Waals surface area contributed by atoms with Crippen LogP contribution in [0.4, 0.5) is 5.13 Å². The van der Waals surface area contributed by atoms with E-state index in [2.05, 4.69) is 22.4 Å². The number of hydrogen-bond donors (Lipinski definition) is 3. The van der Waals surface area contributed by atoms with Crippen LogP contribution in [0.3, 0.4) is 0 Å². The van der Waals surface area contributed by atoms with Crippen LogP contribution >= 0.6 is 23.1 Å². The van der Waals surface area contributed by atoms with E-state index in [1.165, 1.54) is 29.2 Å². The van der Waals surface area contributed by atoms with Crippen LogP contribution in [-0.4, -0.2) is 55.3 Å². The first kappa shape index (κ1) is 23.1. The number of nitrogens with one attached hydrogen (secondary N) is 1. The van der Waals surface area contributed by atoms with Crippen LogP contribution in [-0.2, 0) is 19.2 Å². The molecule has 1 aromatic rings. The van der Waals surface area contributed by atoms with Gasteiger partial charge in [-0.1, -0.05) is 18.5 Å². The summed E-state index contributed by atoms with van der Waals surface area (Å²) in [6, 6.07) is 0. The number of β-lactam (4-membered cyclic amide) rings is 1. The van der Waals surface area contributed by atoms with Crippen LogP contribution in [0.25, 0.3) is 0 Å². The predicted octanol–water partition coefficient (Wildman–Crippen LogP) is 2.11. The fraction of sp³-hybridized carbons (Fsp3) is 0.526. The van der Waals surface area contributed by atoms with Gasteiger partial charge in [-0.3, -0.25) is 14.5 Å². The lowest BCUT2D eigenvalue weighted by Crippen LogP contribution is -2.63. The molecule has 2 amide bonds. The van der Waals surface area contributed by atoms with Gasteiger partial charge in [0, 0.05) is 5.38 Å². The summed E-state index contributed by atoms with van der Waals surface area (Å²) in [5.41, 5.74) is 6.12. The summed E-state index contributed by atoms with van der Waals surface area (Å²) in [6.45, 7) is 5.63. The van der Waals surface area contributed by atoms with E-state index in [0.29, 0.717) is 10.8 Å². The quantitative estimate of drug-likeness (QED) is 0.369. The van der Waals surface area contributed by atoms with Crippen molar-refractivity contribution in [3.8, 4) is 0 Å². The van der Waals surface area contributed by atoms with Crippen LogP contribution in [0.1, 0.15) is 51.6 Å². The molecule has 4 atom stereocenters. The number of oxime groups is 1. The molecule has 1 aromatic heterocycles. The SMILES string of the molecule is CCCCC(C)ON=C1C(=O)N2C(C(=O)O)=CC(NC(=O)C(C)c3csc(N)n3)S[C@H]12. The molecular formula is C19H25N5O5S2. The molecule has 0 bridgehead atoms. The van der Waals surface area contributed by atoms with Crippen molar-refractivity contribution in [2.45, 2.75) is 62.8 Å². The third kappa shape index (κ3) is 5.01. The fourth-order valence-electron chi connectivity index (χ4n) is 3.08. The molecule has 0 radical (unpaired) electrons. The minimum atomic E-state index is -1.26. The van der Waals surface area contributed by atoms with Crippen molar-refractivity contribution in [3.05, 3.63) is 22.8 Å². The van der Waals surface area contributed by atoms with Crippen LogP contribution < -0.4 is 11.1 Å². The number of rotatable bonds is 9. The molecular weight excluding hydrogens is 442 g/mol. The smallest absolute Gasteiger partial charge is 0.352 e. The molecule has 0 saturated carbocycles. The van der Waals surface area contributed by atoms with Gasteiger partial charge in [0.25, 0.3) is 5.91 Å². The van der Waals surface area contributed by atoms with Crippen molar-refractivity contribution < 1.29 is 24.3 Å². The van der Waals surface area contributed by atoms with E-state index < -0.39 is 28.5 Å². The summed E-state index contributed by atoms with van der Waals surface area (Å²) in [5.74, 6) is -2.65. The van der Waals surface area contributed by atoms with Gasteiger partial charge in [-0.25, -0.2) is 9.78 Å². The third-order valence-corrected chi connectivity index (χ3v) is 6.86. The number of aromatic nitrogens is 1. The molecule has 1 fully saturated rings. The van der Waals surface area contributed by atoms with E-state index in [1.807, 2.05) is 6.92 Å². The normalized spacial score (nSPS) is 23.5. The second kappa shape index (κ2) is 9.69. The average molecular weight is 468 g/mol. The minimum Gasteiger partial charge on any atom is -0.477 e. The van der Waals surface area contributed by atoms with Crippen molar-refractivity contribution in [1.82, 2.24) is 15.2 Å². The Balaban J connectivity index is 1.72. The van der Waals surface area contributed by atoms with E-state index in [1.54, 1.807) is 12.3 Å². The summed E-state index contributed by atoms with van der Waals surface area (Å²) >= 11 is 2.45. The monoisotopic (exact) mass is 467 g/mol. The standard InChI is InChI=1S/C19H25N5O5S2/c1-4-5-6-9(2)29-23-14-16(26)24-12(18(27)28)7-13(31-17(14)24)22-15(25)10(3)11-8-30-19(20)21-11/h7-10,13,17H,4-6H2,1-3H3,(H2,20,21)(H,22,25)(H,27,28)/t9?,10?,13?,17-/m1/s1. The maximum Gasteiger partial charge on any atom is 0.352 e. The summed E-state index contributed by atoms with van der Waals surface area (Å²) in [6.07, 6.45) is 4.01. The van der Waals surface area contributed by atoms with Gasteiger partial charge >= 0.3 is 5.97 Å². The van der Waals surface area contributed by atoms with Gasteiger partial charge in [0.05, 0.1) is 17.0 Å². The summed E-state index contributed by atoms with van der Waals surface area (Å²) in [7, 11) is 0. The Morgan fingerprint density at radius 1 is 1.45 bits per heavy atom. The predicted molar refractivity (Wildman–Crippen MR) is 118 cm³/mol. The van der Waals surface area contributed by atoms with Gasteiger partial charge in [-0.15, -0.1) is 23.1 Å². The molecule has 10 nitrogen and oxygen atoms in total. The van der Waals surface area contributed by atoms with Crippen LogP contribution in [0.15, 0.2) is 22.3 Å². The maximum atomic E-state index is 12.7. The third-order valence-electron chi connectivity index (χ3n) is 4.93. The number of amides is 2. The van der Waals surface area contributed by atoms with Crippen molar-refractivity contribution >= 4 is 51.7 Å². The highest BCUT2D eigenvalue weighted by molar-refractivity contribution is 8.01.